The molecule has 1 rings (SSSR count). The Morgan fingerprint density at radius 2 is 2.41 bits per heavy atom. The first-order valence-corrected chi connectivity index (χ1v) is 5.60. The Morgan fingerprint density at radius 3 is 3.00 bits per heavy atom. The van der Waals surface area contributed by atoms with E-state index in [-0.39, 0.29) is 23.2 Å². The van der Waals surface area contributed by atoms with Crippen molar-refractivity contribution in [2.75, 3.05) is 25.6 Å². The second kappa shape index (κ2) is 6.58. The second-order valence-corrected chi connectivity index (χ2v) is 4.00. The molecule has 96 valence electrons. The van der Waals surface area contributed by atoms with E-state index in [4.69, 9.17) is 21.4 Å². The summed E-state index contributed by atoms with van der Waals surface area (Å²) in [6, 6.07) is -0.191. The summed E-state index contributed by atoms with van der Waals surface area (Å²) in [6.07, 6.45) is 1.46. The van der Waals surface area contributed by atoms with Gasteiger partial charge in [-0.3, -0.25) is 4.79 Å². The zero-order chi connectivity index (χ0) is 12.8. The lowest BCUT2D eigenvalue weighted by atomic mass is 10.3. The van der Waals surface area contributed by atoms with Gasteiger partial charge in [0, 0.05) is 13.2 Å². The molecule has 0 saturated carbocycles. The first-order chi connectivity index (χ1) is 8.10. The molecule has 17 heavy (non-hydrogen) atoms. The Kier molecular flexibility index (Phi) is 5.40. The molecule has 0 fully saturated rings. The minimum atomic E-state index is -0.376. The van der Waals surface area contributed by atoms with E-state index in [1.54, 1.807) is 14.0 Å². The molecule has 0 amide bonds. The predicted molar refractivity (Wildman–Crippen MR) is 65.6 cm³/mol. The van der Waals surface area contributed by atoms with Gasteiger partial charge in [0.1, 0.15) is 5.02 Å². The minimum absolute atomic E-state index is 0.0525. The van der Waals surface area contributed by atoms with Crippen LogP contribution in [-0.2, 0) is 11.3 Å². The summed E-state index contributed by atoms with van der Waals surface area (Å²) in [7, 11) is 1.55. The molecule has 0 aliphatic carbocycles. The van der Waals surface area contributed by atoms with Crippen molar-refractivity contribution in [1.82, 2.24) is 9.78 Å². The van der Waals surface area contributed by atoms with Crippen molar-refractivity contribution in [1.29, 1.82) is 0 Å². The van der Waals surface area contributed by atoms with Crippen LogP contribution in [0.3, 0.4) is 0 Å². The molecule has 0 saturated heterocycles. The van der Waals surface area contributed by atoms with Crippen molar-refractivity contribution in [3.63, 3.8) is 0 Å². The van der Waals surface area contributed by atoms with E-state index >= 15 is 0 Å². The quantitative estimate of drug-likeness (QED) is 0.772. The fraction of sp³-hybridized carbons (Fsp3) is 0.600. The number of ether oxygens (including phenoxy) is 1. The maximum atomic E-state index is 11.8. The Hall–Kier alpha value is -1.11. The van der Waals surface area contributed by atoms with Gasteiger partial charge in [-0.1, -0.05) is 11.6 Å². The van der Waals surface area contributed by atoms with Gasteiger partial charge in [-0.25, -0.2) is 4.68 Å². The Balaban J connectivity index is 2.90. The highest BCUT2D eigenvalue weighted by molar-refractivity contribution is 6.32. The molecule has 1 aromatic rings. The fourth-order valence-corrected chi connectivity index (χ4v) is 1.41. The molecule has 6 nitrogen and oxygen atoms in total. The van der Waals surface area contributed by atoms with E-state index in [1.807, 2.05) is 0 Å². The average molecular weight is 262 g/mol. The number of methoxy groups -OCH3 is 1. The zero-order valence-corrected chi connectivity index (χ0v) is 10.6. The van der Waals surface area contributed by atoms with Crippen LogP contribution in [0, 0.1) is 0 Å². The van der Waals surface area contributed by atoms with E-state index in [0.717, 1.165) is 0 Å². The number of anilines is 1. The van der Waals surface area contributed by atoms with Gasteiger partial charge in [0.15, 0.2) is 0 Å². The highest BCUT2D eigenvalue weighted by Gasteiger charge is 2.10. The summed E-state index contributed by atoms with van der Waals surface area (Å²) in [5, 5.41) is 15.8. The topological polar surface area (TPSA) is 76.4 Å². The standard InChI is InChI=1S/C10H16ClN3O3/c1-7(6-15)13-8-5-12-14(3-4-17-2)10(16)9(8)11/h5,7,13,15H,3-4,6H2,1-2H3. The lowest BCUT2D eigenvalue weighted by molar-refractivity contribution is 0.182. The third kappa shape index (κ3) is 3.69. The molecule has 0 aromatic carbocycles. The Bertz CT molecular complexity index is 422. The van der Waals surface area contributed by atoms with E-state index in [0.29, 0.717) is 18.8 Å². The fourth-order valence-electron chi connectivity index (χ4n) is 1.21. The molecular formula is C10H16ClN3O3. The van der Waals surface area contributed by atoms with Gasteiger partial charge >= 0.3 is 0 Å². The van der Waals surface area contributed by atoms with Crippen molar-refractivity contribution in [2.45, 2.75) is 19.5 Å². The molecule has 0 aliphatic rings. The first-order valence-electron chi connectivity index (χ1n) is 5.22. The van der Waals surface area contributed by atoms with Gasteiger partial charge in [-0.15, -0.1) is 0 Å². The molecule has 1 aromatic heterocycles. The maximum absolute atomic E-state index is 11.8. The van der Waals surface area contributed by atoms with Crippen LogP contribution >= 0.6 is 11.6 Å². The normalized spacial score (nSPS) is 12.5. The molecule has 0 spiro atoms. The van der Waals surface area contributed by atoms with Crippen molar-refractivity contribution in [3.05, 3.63) is 21.6 Å². The van der Waals surface area contributed by atoms with Crippen LogP contribution in [0.15, 0.2) is 11.0 Å². The third-order valence-corrected chi connectivity index (χ3v) is 2.53. The average Bonchev–Trinajstić information content (AvgIpc) is 2.34. The molecule has 1 atom stereocenters. The largest absolute Gasteiger partial charge is 0.394 e. The minimum Gasteiger partial charge on any atom is -0.394 e. The molecule has 2 N–H and O–H groups in total. The highest BCUT2D eigenvalue weighted by atomic mass is 35.5. The molecule has 1 heterocycles. The summed E-state index contributed by atoms with van der Waals surface area (Å²) in [5.74, 6) is 0. The molecule has 7 heteroatoms. The molecular weight excluding hydrogens is 246 g/mol. The number of aromatic nitrogens is 2. The summed E-state index contributed by atoms with van der Waals surface area (Å²) in [5.41, 5.74) is 0.0470. The van der Waals surface area contributed by atoms with Gasteiger partial charge in [-0.05, 0) is 6.92 Å². The first kappa shape index (κ1) is 14.0. The van der Waals surface area contributed by atoms with Gasteiger partial charge in [0.05, 0.1) is 31.6 Å². The second-order valence-electron chi connectivity index (χ2n) is 3.62. The number of nitrogens with one attached hydrogen (secondary N) is 1. The number of rotatable bonds is 6. The number of aliphatic hydroxyl groups is 1. The number of nitrogens with zero attached hydrogens (tertiary/aromatic N) is 2. The third-order valence-electron chi connectivity index (χ3n) is 2.17. The Labute approximate surface area is 104 Å². The monoisotopic (exact) mass is 261 g/mol. The number of halogens is 1. The van der Waals surface area contributed by atoms with E-state index in [2.05, 4.69) is 10.4 Å². The molecule has 0 bridgehead atoms. The molecule has 0 radical (unpaired) electrons. The van der Waals surface area contributed by atoms with Crippen molar-refractivity contribution in [2.24, 2.45) is 0 Å². The van der Waals surface area contributed by atoms with Crippen molar-refractivity contribution < 1.29 is 9.84 Å². The number of aliphatic hydroxyl groups excluding tert-OH is 1. The van der Waals surface area contributed by atoms with Gasteiger partial charge < -0.3 is 15.2 Å². The Morgan fingerprint density at radius 1 is 1.71 bits per heavy atom. The van der Waals surface area contributed by atoms with Crippen LogP contribution in [0.5, 0.6) is 0 Å². The highest BCUT2D eigenvalue weighted by Crippen LogP contribution is 2.15. The van der Waals surface area contributed by atoms with E-state index < -0.39 is 0 Å². The summed E-state index contributed by atoms with van der Waals surface area (Å²) in [4.78, 5) is 11.8. The van der Waals surface area contributed by atoms with Crippen LogP contribution in [0.2, 0.25) is 5.02 Å². The van der Waals surface area contributed by atoms with E-state index in [9.17, 15) is 4.79 Å². The summed E-state index contributed by atoms with van der Waals surface area (Å²) in [6.45, 7) is 2.46. The molecule has 0 aliphatic heterocycles. The van der Waals surface area contributed by atoms with Crippen LogP contribution in [-0.4, -0.2) is 41.3 Å². The number of hydrogen-bond donors (Lipinski definition) is 2. The van der Waals surface area contributed by atoms with Gasteiger partial charge in [-0.2, -0.15) is 5.10 Å². The predicted octanol–water partition coefficient (Wildman–Crippen LogP) is 0.336. The van der Waals surface area contributed by atoms with Crippen LogP contribution in [0.25, 0.3) is 0 Å². The summed E-state index contributed by atoms with van der Waals surface area (Å²) < 4.78 is 6.10. The van der Waals surface area contributed by atoms with Crippen LogP contribution in [0.4, 0.5) is 5.69 Å². The van der Waals surface area contributed by atoms with Crippen molar-refractivity contribution in [3.8, 4) is 0 Å². The van der Waals surface area contributed by atoms with Crippen LogP contribution < -0.4 is 10.9 Å². The van der Waals surface area contributed by atoms with Gasteiger partial charge in [0.2, 0.25) is 0 Å². The van der Waals surface area contributed by atoms with Crippen molar-refractivity contribution >= 4 is 17.3 Å². The van der Waals surface area contributed by atoms with E-state index in [1.165, 1.54) is 10.9 Å². The molecule has 1 unspecified atom stereocenters. The SMILES string of the molecule is COCCn1ncc(NC(C)CO)c(Cl)c1=O. The smallest absolute Gasteiger partial charge is 0.287 e. The lowest BCUT2D eigenvalue weighted by Gasteiger charge is -2.14. The summed E-state index contributed by atoms with van der Waals surface area (Å²) >= 11 is 5.92. The number of hydrogen-bond acceptors (Lipinski definition) is 5. The zero-order valence-electron chi connectivity index (χ0n) is 9.81. The lowest BCUT2D eigenvalue weighted by Crippen LogP contribution is -2.28. The maximum Gasteiger partial charge on any atom is 0.287 e. The van der Waals surface area contributed by atoms with Crippen LogP contribution in [0.1, 0.15) is 6.92 Å². The van der Waals surface area contributed by atoms with Gasteiger partial charge in [0.25, 0.3) is 5.56 Å².